The number of nitrogens with zero attached hydrogens (tertiary/aromatic N) is 1. The van der Waals surface area contributed by atoms with Gasteiger partial charge in [-0.05, 0) is 35.7 Å². The number of amides is 1. The molecule has 0 fully saturated rings. The summed E-state index contributed by atoms with van der Waals surface area (Å²) in [7, 11) is 0. The highest BCUT2D eigenvalue weighted by molar-refractivity contribution is 5.87. The Labute approximate surface area is 161 Å². The van der Waals surface area contributed by atoms with E-state index in [0.717, 1.165) is 40.7 Å². The fourth-order valence-electron chi connectivity index (χ4n) is 4.01. The molecule has 0 saturated heterocycles. The zero-order valence-electron chi connectivity index (χ0n) is 15.7. The summed E-state index contributed by atoms with van der Waals surface area (Å²) >= 11 is 0. The maximum atomic E-state index is 13.0. The molecule has 1 unspecified atom stereocenters. The highest BCUT2D eigenvalue weighted by Crippen LogP contribution is 2.40. The van der Waals surface area contributed by atoms with Gasteiger partial charge in [0.1, 0.15) is 0 Å². The topological polar surface area (TPSA) is 36.1 Å². The van der Waals surface area contributed by atoms with Crippen LogP contribution in [0.5, 0.6) is 0 Å². The number of aromatic nitrogens is 1. The third kappa shape index (κ3) is 3.07. The number of carbonyl (C=O) groups excluding carboxylic acids is 1. The molecule has 1 amide bonds. The average Bonchev–Trinajstić information content (AvgIpc) is 3.04. The van der Waals surface area contributed by atoms with Crippen molar-refractivity contribution in [3.63, 3.8) is 0 Å². The molecule has 2 aromatic carbocycles. The van der Waals surface area contributed by atoms with E-state index in [1.165, 1.54) is 12.1 Å². The SMILES string of the molecule is CC(C)C(=O)N1CCc2c([nH]c3ccccc23)C1c1ccc(C(F)(F)F)cc1. The maximum Gasteiger partial charge on any atom is 0.416 e. The minimum absolute atomic E-state index is 0.00537. The monoisotopic (exact) mass is 386 g/mol. The molecule has 3 aromatic rings. The first-order valence-electron chi connectivity index (χ1n) is 9.34. The van der Waals surface area contributed by atoms with Crippen LogP contribution < -0.4 is 0 Å². The molecule has 28 heavy (non-hydrogen) atoms. The van der Waals surface area contributed by atoms with Gasteiger partial charge in [0.25, 0.3) is 0 Å². The van der Waals surface area contributed by atoms with Gasteiger partial charge < -0.3 is 9.88 Å². The number of aromatic amines is 1. The van der Waals surface area contributed by atoms with Crippen molar-refractivity contribution in [1.82, 2.24) is 9.88 Å². The lowest BCUT2D eigenvalue weighted by Gasteiger charge is -2.37. The van der Waals surface area contributed by atoms with Gasteiger partial charge >= 0.3 is 6.18 Å². The van der Waals surface area contributed by atoms with Crippen molar-refractivity contribution >= 4 is 16.8 Å². The van der Waals surface area contributed by atoms with E-state index in [9.17, 15) is 18.0 Å². The molecule has 1 aliphatic heterocycles. The second kappa shape index (κ2) is 6.69. The standard InChI is InChI=1S/C22H21F3N2O/c1-13(2)21(28)27-12-11-17-16-5-3-4-6-18(16)26-19(17)20(27)14-7-9-15(10-8-14)22(23,24)25/h3-10,13,20,26H,11-12H2,1-2H3. The second-order valence-corrected chi connectivity index (χ2v) is 7.52. The maximum absolute atomic E-state index is 13.0. The number of carbonyl (C=O) groups is 1. The van der Waals surface area contributed by atoms with Crippen LogP contribution in [0.4, 0.5) is 13.2 Å². The molecule has 0 aliphatic carbocycles. The third-order valence-electron chi connectivity index (χ3n) is 5.37. The van der Waals surface area contributed by atoms with Gasteiger partial charge in [-0.25, -0.2) is 0 Å². The molecule has 1 aliphatic rings. The Morgan fingerprint density at radius 1 is 1.11 bits per heavy atom. The van der Waals surface area contributed by atoms with Crippen LogP contribution in [0.15, 0.2) is 48.5 Å². The van der Waals surface area contributed by atoms with Crippen LogP contribution in [0.25, 0.3) is 10.9 Å². The smallest absolute Gasteiger partial charge is 0.356 e. The van der Waals surface area contributed by atoms with Gasteiger partial charge in [-0.2, -0.15) is 13.2 Å². The van der Waals surface area contributed by atoms with Crippen molar-refractivity contribution in [3.8, 4) is 0 Å². The molecule has 4 rings (SSSR count). The number of benzene rings is 2. The Balaban J connectivity index is 1.85. The van der Waals surface area contributed by atoms with Gasteiger partial charge in [0.05, 0.1) is 11.6 Å². The largest absolute Gasteiger partial charge is 0.416 e. The number of hydrogen-bond donors (Lipinski definition) is 1. The molecule has 1 aromatic heterocycles. The molecule has 1 N–H and O–H groups in total. The summed E-state index contributed by atoms with van der Waals surface area (Å²) in [6, 6.07) is 12.6. The Hall–Kier alpha value is -2.76. The molecular formula is C22H21F3N2O. The lowest BCUT2D eigenvalue weighted by Crippen LogP contribution is -2.42. The quantitative estimate of drug-likeness (QED) is 0.636. The molecule has 0 spiro atoms. The summed E-state index contributed by atoms with van der Waals surface area (Å²) in [5.41, 5.74) is 2.98. The predicted octanol–water partition coefficient (Wildman–Crippen LogP) is 5.32. The highest BCUT2D eigenvalue weighted by atomic mass is 19.4. The predicted molar refractivity (Wildman–Crippen MR) is 102 cm³/mol. The highest BCUT2D eigenvalue weighted by Gasteiger charge is 2.36. The summed E-state index contributed by atoms with van der Waals surface area (Å²) in [6.07, 6.45) is -3.67. The fraction of sp³-hybridized carbons (Fsp3) is 0.318. The first-order chi connectivity index (χ1) is 13.3. The van der Waals surface area contributed by atoms with Crippen molar-refractivity contribution in [2.75, 3.05) is 6.54 Å². The van der Waals surface area contributed by atoms with E-state index in [4.69, 9.17) is 0 Å². The molecule has 6 heteroatoms. The molecule has 0 saturated carbocycles. The first kappa shape index (κ1) is 18.6. The van der Waals surface area contributed by atoms with E-state index in [1.54, 1.807) is 4.90 Å². The molecule has 0 bridgehead atoms. The van der Waals surface area contributed by atoms with E-state index in [-0.39, 0.29) is 11.8 Å². The molecule has 2 heterocycles. The van der Waals surface area contributed by atoms with Gasteiger partial charge in [-0.15, -0.1) is 0 Å². The zero-order valence-corrected chi connectivity index (χ0v) is 15.7. The normalized spacial score (nSPS) is 17.2. The average molecular weight is 386 g/mol. The molecule has 0 radical (unpaired) electrons. The second-order valence-electron chi connectivity index (χ2n) is 7.52. The summed E-state index contributed by atoms with van der Waals surface area (Å²) in [6.45, 7) is 4.22. The Bertz CT molecular complexity index is 1020. The van der Waals surface area contributed by atoms with Crippen molar-refractivity contribution in [3.05, 3.63) is 70.9 Å². The summed E-state index contributed by atoms with van der Waals surface area (Å²) < 4.78 is 38.9. The van der Waals surface area contributed by atoms with Crippen LogP contribution in [-0.4, -0.2) is 22.3 Å². The van der Waals surface area contributed by atoms with Gasteiger partial charge in [0.2, 0.25) is 5.91 Å². The van der Waals surface area contributed by atoms with Gasteiger partial charge in [0.15, 0.2) is 0 Å². The van der Waals surface area contributed by atoms with E-state index >= 15 is 0 Å². The Morgan fingerprint density at radius 2 is 1.79 bits per heavy atom. The number of para-hydroxylation sites is 1. The van der Waals surface area contributed by atoms with Crippen LogP contribution in [0.3, 0.4) is 0 Å². The van der Waals surface area contributed by atoms with E-state index in [0.29, 0.717) is 12.1 Å². The fourth-order valence-corrected chi connectivity index (χ4v) is 4.01. The summed E-state index contributed by atoms with van der Waals surface area (Å²) in [4.78, 5) is 18.1. The van der Waals surface area contributed by atoms with Crippen LogP contribution in [0.2, 0.25) is 0 Å². The Morgan fingerprint density at radius 3 is 2.43 bits per heavy atom. The van der Waals surface area contributed by atoms with Crippen molar-refractivity contribution < 1.29 is 18.0 Å². The van der Waals surface area contributed by atoms with Gasteiger partial charge in [0, 0.05) is 29.1 Å². The van der Waals surface area contributed by atoms with Crippen molar-refractivity contribution in [2.24, 2.45) is 5.92 Å². The number of nitrogens with one attached hydrogen (secondary N) is 1. The number of halogens is 3. The number of fused-ring (bicyclic) bond motifs is 3. The zero-order chi connectivity index (χ0) is 20.1. The molecule has 146 valence electrons. The molecule has 1 atom stereocenters. The first-order valence-corrected chi connectivity index (χ1v) is 9.34. The Kier molecular flexibility index (Phi) is 4.44. The lowest BCUT2D eigenvalue weighted by molar-refractivity contribution is -0.138. The number of alkyl halides is 3. The van der Waals surface area contributed by atoms with E-state index < -0.39 is 17.8 Å². The summed E-state index contributed by atoms with van der Waals surface area (Å²) in [5, 5.41) is 1.10. The van der Waals surface area contributed by atoms with Crippen molar-refractivity contribution in [1.29, 1.82) is 0 Å². The number of rotatable bonds is 2. The van der Waals surface area contributed by atoms with Crippen molar-refractivity contribution in [2.45, 2.75) is 32.5 Å². The van der Waals surface area contributed by atoms with Gasteiger partial charge in [-0.1, -0.05) is 44.2 Å². The lowest BCUT2D eigenvalue weighted by atomic mass is 9.91. The molecule has 3 nitrogen and oxygen atoms in total. The molecular weight excluding hydrogens is 365 g/mol. The summed E-state index contributed by atoms with van der Waals surface area (Å²) in [5.74, 6) is -0.197. The number of H-pyrrole nitrogens is 1. The minimum atomic E-state index is -4.38. The third-order valence-corrected chi connectivity index (χ3v) is 5.37. The van der Waals surface area contributed by atoms with E-state index in [2.05, 4.69) is 4.98 Å². The van der Waals surface area contributed by atoms with E-state index in [1.807, 2.05) is 38.1 Å². The van der Waals surface area contributed by atoms with Crippen LogP contribution in [0, 0.1) is 5.92 Å². The van der Waals surface area contributed by atoms with Gasteiger partial charge in [-0.3, -0.25) is 4.79 Å². The van der Waals surface area contributed by atoms with Crippen LogP contribution in [-0.2, 0) is 17.4 Å². The van der Waals surface area contributed by atoms with Crippen LogP contribution >= 0.6 is 0 Å². The minimum Gasteiger partial charge on any atom is -0.356 e. The van der Waals surface area contributed by atoms with Crippen LogP contribution in [0.1, 0.15) is 42.3 Å². The number of hydrogen-bond acceptors (Lipinski definition) is 1.